The van der Waals surface area contributed by atoms with Crippen LogP contribution in [0.15, 0.2) is 11.4 Å². The first kappa shape index (κ1) is 16.3. The van der Waals surface area contributed by atoms with E-state index < -0.39 is 23.8 Å². The lowest BCUT2D eigenvalue weighted by atomic mass is 10.0. The van der Waals surface area contributed by atoms with Crippen molar-refractivity contribution in [1.29, 1.82) is 0 Å². The number of hydrogen-bond acceptors (Lipinski definition) is 5. The molecular formula is C15H23NO4S. The molecule has 1 aromatic rings. The van der Waals surface area contributed by atoms with Gasteiger partial charge in [0.15, 0.2) is 0 Å². The molecule has 1 amide bonds. The zero-order valence-electron chi connectivity index (χ0n) is 13.0. The van der Waals surface area contributed by atoms with Gasteiger partial charge in [0.05, 0.1) is 19.3 Å². The number of ether oxygens (including phenoxy) is 2. The van der Waals surface area contributed by atoms with E-state index in [4.69, 9.17) is 9.47 Å². The summed E-state index contributed by atoms with van der Waals surface area (Å²) >= 11 is 1.58. The Morgan fingerprint density at radius 1 is 1.57 bits per heavy atom. The van der Waals surface area contributed by atoms with Crippen LogP contribution in [0.25, 0.3) is 0 Å². The van der Waals surface area contributed by atoms with Gasteiger partial charge in [0.1, 0.15) is 11.7 Å². The Bertz CT molecular complexity index is 494. The molecule has 21 heavy (non-hydrogen) atoms. The van der Waals surface area contributed by atoms with E-state index in [1.807, 2.05) is 39.1 Å². The van der Waals surface area contributed by atoms with Crippen LogP contribution in [0.3, 0.4) is 0 Å². The Morgan fingerprint density at radius 2 is 2.29 bits per heavy atom. The van der Waals surface area contributed by atoms with Gasteiger partial charge in [-0.05, 0) is 44.7 Å². The zero-order chi connectivity index (χ0) is 15.6. The maximum Gasteiger partial charge on any atom is 0.410 e. The topological polar surface area (TPSA) is 59.0 Å². The number of aliphatic hydroxyl groups excluding tert-OH is 1. The molecule has 118 valence electrons. The molecule has 1 aliphatic heterocycles. The molecule has 2 heterocycles. The van der Waals surface area contributed by atoms with Crippen molar-refractivity contribution in [2.75, 3.05) is 19.8 Å². The first-order valence-corrected chi connectivity index (χ1v) is 7.97. The van der Waals surface area contributed by atoms with Gasteiger partial charge in [0, 0.05) is 11.4 Å². The number of hydrogen-bond donors (Lipinski definition) is 1. The highest BCUT2D eigenvalue weighted by molar-refractivity contribution is 7.10. The summed E-state index contributed by atoms with van der Waals surface area (Å²) in [4.78, 5) is 15.0. The van der Waals surface area contributed by atoms with Crippen LogP contribution < -0.4 is 0 Å². The number of aliphatic hydroxyl groups is 1. The Balaban J connectivity index is 2.15. The molecule has 0 aliphatic carbocycles. The maximum atomic E-state index is 12.3. The summed E-state index contributed by atoms with van der Waals surface area (Å²) in [5, 5.41) is 12.5. The van der Waals surface area contributed by atoms with E-state index in [2.05, 4.69) is 0 Å². The normalized spacial score (nSPS) is 21.2. The SMILES string of the molecule is Cc1sccc1C(O)C1COCCN1C(=O)OC(C)(C)C. The number of rotatable bonds is 2. The first-order valence-electron chi connectivity index (χ1n) is 7.09. The number of morpholine rings is 1. The predicted molar refractivity (Wildman–Crippen MR) is 81.6 cm³/mol. The number of carbonyl (C=O) groups excluding carboxylic acids is 1. The second-order valence-corrected chi connectivity index (χ2v) is 7.31. The summed E-state index contributed by atoms with van der Waals surface area (Å²) < 4.78 is 10.9. The summed E-state index contributed by atoms with van der Waals surface area (Å²) in [7, 11) is 0. The third-order valence-electron chi connectivity index (χ3n) is 3.38. The Labute approximate surface area is 129 Å². The van der Waals surface area contributed by atoms with Gasteiger partial charge in [-0.15, -0.1) is 11.3 Å². The van der Waals surface area contributed by atoms with E-state index in [9.17, 15) is 9.90 Å². The minimum atomic E-state index is -0.760. The highest BCUT2D eigenvalue weighted by atomic mass is 32.1. The molecule has 1 aliphatic rings. The van der Waals surface area contributed by atoms with Crippen molar-refractivity contribution in [2.45, 2.75) is 45.4 Å². The molecule has 0 spiro atoms. The van der Waals surface area contributed by atoms with E-state index in [1.54, 1.807) is 16.2 Å². The Kier molecular flexibility index (Phi) is 4.91. The molecule has 0 radical (unpaired) electrons. The average molecular weight is 313 g/mol. The molecular weight excluding hydrogens is 290 g/mol. The first-order chi connectivity index (χ1) is 9.79. The number of aryl methyl sites for hydroxylation is 1. The van der Waals surface area contributed by atoms with Gasteiger partial charge in [0.25, 0.3) is 0 Å². The van der Waals surface area contributed by atoms with Crippen molar-refractivity contribution in [3.8, 4) is 0 Å². The highest BCUT2D eigenvalue weighted by Crippen LogP contribution is 2.29. The van der Waals surface area contributed by atoms with Gasteiger partial charge in [-0.1, -0.05) is 0 Å². The zero-order valence-corrected chi connectivity index (χ0v) is 13.8. The third kappa shape index (κ3) is 3.96. The lowest BCUT2D eigenvalue weighted by Gasteiger charge is -2.38. The number of amides is 1. The van der Waals surface area contributed by atoms with Crippen molar-refractivity contribution in [1.82, 2.24) is 4.90 Å². The minimum Gasteiger partial charge on any atom is -0.444 e. The third-order valence-corrected chi connectivity index (χ3v) is 4.24. The maximum absolute atomic E-state index is 12.3. The minimum absolute atomic E-state index is 0.315. The summed E-state index contributed by atoms with van der Waals surface area (Å²) in [6.45, 7) is 8.67. The van der Waals surface area contributed by atoms with Gasteiger partial charge < -0.3 is 14.6 Å². The molecule has 1 aromatic heterocycles. The molecule has 0 bridgehead atoms. The van der Waals surface area contributed by atoms with E-state index in [0.29, 0.717) is 19.8 Å². The smallest absolute Gasteiger partial charge is 0.410 e. The van der Waals surface area contributed by atoms with Gasteiger partial charge >= 0.3 is 6.09 Å². The van der Waals surface area contributed by atoms with Gasteiger partial charge in [0.2, 0.25) is 0 Å². The van der Waals surface area contributed by atoms with E-state index in [0.717, 1.165) is 10.4 Å². The molecule has 5 nitrogen and oxygen atoms in total. The summed E-state index contributed by atoms with van der Waals surface area (Å²) in [6, 6.07) is 1.48. The van der Waals surface area contributed by atoms with Crippen LogP contribution in [-0.2, 0) is 9.47 Å². The standard InChI is InChI=1S/C15H23NO4S/c1-10-11(5-8-21-10)13(17)12-9-19-7-6-16(12)14(18)20-15(2,3)4/h5,8,12-13,17H,6-7,9H2,1-4H3. The molecule has 6 heteroatoms. The fourth-order valence-corrected chi connectivity index (χ4v) is 3.08. The van der Waals surface area contributed by atoms with Crippen molar-refractivity contribution in [3.05, 3.63) is 21.9 Å². The number of carbonyl (C=O) groups is 1. The van der Waals surface area contributed by atoms with Crippen LogP contribution in [0.5, 0.6) is 0 Å². The number of nitrogens with zero attached hydrogens (tertiary/aromatic N) is 1. The Morgan fingerprint density at radius 3 is 2.86 bits per heavy atom. The monoisotopic (exact) mass is 313 g/mol. The second kappa shape index (κ2) is 6.34. The molecule has 0 aromatic carbocycles. The van der Waals surface area contributed by atoms with E-state index in [-0.39, 0.29) is 0 Å². The summed E-state index contributed by atoms with van der Waals surface area (Å²) in [5.74, 6) is 0. The van der Waals surface area contributed by atoms with E-state index in [1.165, 1.54) is 0 Å². The fraction of sp³-hybridized carbons (Fsp3) is 0.667. The van der Waals surface area contributed by atoms with Crippen LogP contribution in [0, 0.1) is 6.92 Å². The van der Waals surface area contributed by atoms with Crippen LogP contribution in [0.2, 0.25) is 0 Å². The van der Waals surface area contributed by atoms with Gasteiger partial charge in [-0.3, -0.25) is 4.90 Å². The summed E-state index contributed by atoms with van der Waals surface area (Å²) in [6.07, 6.45) is -1.16. The van der Waals surface area contributed by atoms with E-state index >= 15 is 0 Å². The molecule has 2 unspecified atom stereocenters. The molecule has 2 atom stereocenters. The Hall–Kier alpha value is -1.11. The summed E-state index contributed by atoms with van der Waals surface area (Å²) in [5.41, 5.74) is 0.299. The van der Waals surface area contributed by atoms with Crippen molar-refractivity contribution in [2.24, 2.45) is 0 Å². The van der Waals surface area contributed by atoms with Crippen LogP contribution >= 0.6 is 11.3 Å². The van der Waals surface area contributed by atoms with Crippen molar-refractivity contribution < 1.29 is 19.4 Å². The molecule has 1 saturated heterocycles. The largest absolute Gasteiger partial charge is 0.444 e. The average Bonchev–Trinajstić information content (AvgIpc) is 2.82. The molecule has 1 N–H and O–H groups in total. The quantitative estimate of drug-likeness (QED) is 0.912. The van der Waals surface area contributed by atoms with Crippen LogP contribution in [0.4, 0.5) is 4.79 Å². The second-order valence-electron chi connectivity index (χ2n) is 6.19. The predicted octanol–water partition coefficient (Wildman–Crippen LogP) is 2.73. The number of thiophene rings is 1. The van der Waals surface area contributed by atoms with Gasteiger partial charge in [-0.2, -0.15) is 0 Å². The fourth-order valence-electron chi connectivity index (χ4n) is 2.34. The molecule has 2 rings (SSSR count). The molecule has 1 fully saturated rings. The lowest BCUT2D eigenvalue weighted by molar-refractivity contribution is -0.0673. The van der Waals surface area contributed by atoms with Crippen molar-refractivity contribution >= 4 is 17.4 Å². The van der Waals surface area contributed by atoms with Crippen LogP contribution in [0.1, 0.15) is 37.3 Å². The van der Waals surface area contributed by atoms with Crippen molar-refractivity contribution in [3.63, 3.8) is 0 Å². The lowest BCUT2D eigenvalue weighted by Crippen LogP contribution is -2.52. The highest BCUT2D eigenvalue weighted by Gasteiger charge is 2.36. The van der Waals surface area contributed by atoms with Crippen LogP contribution in [-0.4, -0.2) is 47.5 Å². The molecule has 0 saturated carbocycles. The van der Waals surface area contributed by atoms with Gasteiger partial charge in [-0.25, -0.2) is 4.79 Å².